The van der Waals surface area contributed by atoms with Crippen LogP contribution in [0, 0.1) is 0 Å². The smallest absolute Gasteiger partial charge is 0.315 e. The van der Waals surface area contributed by atoms with Crippen LogP contribution < -0.4 is 10.6 Å². The molecule has 9 heteroatoms. The summed E-state index contributed by atoms with van der Waals surface area (Å²) in [5.41, 5.74) is 1.96. The van der Waals surface area contributed by atoms with Gasteiger partial charge in [-0.2, -0.15) is 0 Å². The Morgan fingerprint density at radius 2 is 1.84 bits per heavy atom. The molecule has 1 aromatic heterocycles. The molecule has 0 unspecified atom stereocenters. The number of hydrogen-bond donors (Lipinski definition) is 2. The van der Waals surface area contributed by atoms with Crippen LogP contribution in [0.1, 0.15) is 36.0 Å². The van der Waals surface area contributed by atoms with Gasteiger partial charge in [-0.25, -0.2) is 0 Å². The highest BCUT2D eigenvalue weighted by Crippen LogP contribution is 2.22. The number of nitrogens with zero attached hydrogens (tertiary/aromatic N) is 3. The molecule has 0 bridgehead atoms. The van der Waals surface area contributed by atoms with Crippen molar-refractivity contribution in [2.75, 3.05) is 36.8 Å². The van der Waals surface area contributed by atoms with E-state index >= 15 is 0 Å². The van der Waals surface area contributed by atoms with E-state index in [9.17, 15) is 4.79 Å². The highest BCUT2D eigenvalue weighted by molar-refractivity contribution is 6.31. The van der Waals surface area contributed by atoms with Crippen molar-refractivity contribution in [2.45, 2.75) is 25.7 Å². The van der Waals surface area contributed by atoms with Crippen molar-refractivity contribution < 1.29 is 9.21 Å². The Balaban J connectivity index is 0.00000289. The Morgan fingerprint density at radius 3 is 2.59 bits per heavy atom. The average Bonchev–Trinajstić information content (AvgIpc) is 3.27. The zero-order valence-electron chi connectivity index (χ0n) is 17.7. The van der Waals surface area contributed by atoms with Crippen LogP contribution in [0.3, 0.4) is 0 Å². The summed E-state index contributed by atoms with van der Waals surface area (Å²) >= 11 is 5.95. The van der Waals surface area contributed by atoms with Crippen LogP contribution >= 0.6 is 24.0 Å². The molecular formula is C23H27Cl2N5O2. The second-order valence-electron chi connectivity index (χ2n) is 7.64. The van der Waals surface area contributed by atoms with Crippen molar-refractivity contribution in [2.24, 2.45) is 0 Å². The van der Waals surface area contributed by atoms with Gasteiger partial charge in [0.15, 0.2) is 0 Å². The number of halogens is 2. The van der Waals surface area contributed by atoms with Gasteiger partial charge in [-0.05, 0) is 81.4 Å². The van der Waals surface area contributed by atoms with Crippen LogP contribution in [0.15, 0.2) is 52.9 Å². The molecule has 32 heavy (non-hydrogen) atoms. The summed E-state index contributed by atoms with van der Waals surface area (Å²) in [6.07, 6.45) is 5.01. The van der Waals surface area contributed by atoms with Crippen molar-refractivity contribution in [3.05, 3.63) is 59.1 Å². The lowest BCUT2D eigenvalue weighted by atomic mass is 10.1. The molecular weight excluding hydrogens is 449 g/mol. The maximum atomic E-state index is 12.3. The Kier molecular flexibility index (Phi) is 8.90. The molecule has 0 aliphatic carbocycles. The van der Waals surface area contributed by atoms with Crippen LogP contribution in [0.25, 0.3) is 11.5 Å². The van der Waals surface area contributed by atoms with E-state index in [-0.39, 0.29) is 18.3 Å². The number of benzene rings is 2. The normalized spacial score (nSPS) is 13.9. The van der Waals surface area contributed by atoms with Gasteiger partial charge in [0.05, 0.1) is 0 Å². The van der Waals surface area contributed by atoms with Gasteiger partial charge in [0.1, 0.15) is 0 Å². The second-order valence-corrected chi connectivity index (χ2v) is 8.07. The predicted octanol–water partition coefficient (Wildman–Crippen LogP) is 5.35. The molecule has 2 N–H and O–H groups in total. The molecule has 1 saturated heterocycles. The molecule has 7 nitrogen and oxygen atoms in total. The monoisotopic (exact) mass is 475 g/mol. The van der Waals surface area contributed by atoms with Gasteiger partial charge in [0.2, 0.25) is 5.89 Å². The molecule has 0 saturated carbocycles. The number of carbonyl (C=O) groups is 1. The molecule has 2 aromatic carbocycles. The van der Waals surface area contributed by atoms with Crippen molar-refractivity contribution in [1.82, 2.24) is 15.1 Å². The van der Waals surface area contributed by atoms with Gasteiger partial charge in [-0.1, -0.05) is 29.2 Å². The van der Waals surface area contributed by atoms with Gasteiger partial charge in [-0.15, -0.1) is 17.5 Å². The van der Waals surface area contributed by atoms with E-state index in [0.29, 0.717) is 28.2 Å². The molecule has 4 rings (SSSR count). The Bertz CT molecular complexity index is 1000. The zero-order chi connectivity index (χ0) is 21.5. The third kappa shape index (κ3) is 6.69. The minimum atomic E-state index is -0.218. The standard InChI is InChI=1S/C23H26ClN5O2.ClH/c24-19-7-4-6-18(16-19)21(30)26-20-10-8-17(9-11-20)22-27-28-23(31-22)25-12-5-15-29-13-2-1-3-14-29;/h4,6-11,16H,1-3,5,12-15H2,(H,25,28)(H,26,30);1H. The number of nitrogens with one attached hydrogen (secondary N) is 2. The van der Waals surface area contributed by atoms with Crippen LogP contribution in [0.4, 0.5) is 11.7 Å². The van der Waals surface area contributed by atoms with E-state index in [1.807, 2.05) is 12.1 Å². The van der Waals surface area contributed by atoms with E-state index < -0.39 is 0 Å². The number of amides is 1. The Labute approximate surface area is 199 Å². The molecule has 3 aromatic rings. The maximum absolute atomic E-state index is 12.3. The second kappa shape index (κ2) is 11.9. The number of anilines is 2. The largest absolute Gasteiger partial charge is 0.403 e. The van der Waals surface area contributed by atoms with E-state index in [1.54, 1.807) is 36.4 Å². The molecule has 0 spiro atoms. The zero-order valence-corrected chi connectivity index (χ0v) is 19.3. The van der Waals surface area contributed by atoms with Gasteiger partial charge in [0, 0.05) is 28.4 Å². The summed E-state index contributed by atoms with van der Waals surface area (Å²) < 4.78 is 5.72. The molecule has 0 radical (unpaired) electrons. The maximum Gasteiger partial charge on any atom is 0.315 e. The molecule has 1 amide bonds. The number of hydrogen-bond acceptors (Lipinski definition) is 6. The first kappa shape index (κ1) is 24.0. The first-order valence-electron chi connectivity index (χ1n) is 10.6. The molecule has 0 atom stereocenters. The fourth-order valence-electron chi connectivity index (χ4n) is 3.62. The lowest BCUT2D eigenvalue weighted by Crippen LogP contribution is -2.31. The number of likely N-dealkylation sites (tertiary alicyclic amines) is 1. The average molecular weight is 476 g/mol. The number of piperidine rings is 1. The highest BCUT2D eigenvalue weighted by atomic mass is 35.5. The number of carbonyl (C=O) groups excluding carboxylic acids is 1. The fourth-order valence-corrected chi connectivity index (χ4v) is 3.81. The summed E-state index contributed by atoms with van der Waals surface area (Å²) in [5.74, 6) is 0.218. The summed E-state index contributed by atoms with van der Waals surface area (Å²) in [6, 6.07) is 14.5. The van der Waals surface area contributed by atoms with E-state index in [2.05, 4.69) is 25.7 Å². The number of rotatable bonds is 8. The summed E-state index contributed by atoms with van der Waals surface area (Å²) in [5, 5.41) is 14.8. The first-order valence-corrected chi connectivity index (χ1v) is 11.0. The van der Waals surface area contributed by atoms with Crippen molar-refractivity contribution in [1.29, 1.82) is 0 Å². The van der Waals surface area contributed by atoms with Gasteiger partial charge in [0.25, 0.3) is 5.91 Å². The van der Waals surface area contributed by atoms with Gasteiger partial charge >= 0.3 is 6.01 Å². The lowest BCUT2D eigenvalue weighted by Gasteiger charge is -2.26. The van der Waals surface area contributed by atoms with Crippen LogP contribution in [-0.4, -0.2) is 47.2 Å². The summed E-state index contributed by atoms with van der Waals surface area (Å²) in [7, 11) is 0. The Hall–Kier alpha value is -2.61. The van der Waals surface area contributed by atoms with E-state index in [0.717, 1.165) is 25.1 Å². The van der Waals surface area contributed by atoms with Crippen LogP contribution in [-0.2, 0) is 0 Å². The van der Waals surface area contributed by atoms with Crippen molar-refractivity contribution >= 4 is 41.6 Å². The van der Waals surface area contributed by atoms with E-state index in [4.69, 9.17) is 16.0 Å². The van der Waals surface area contributed by atoms with E-state index in [1.165, 1.54) is 32.4 Å². The lowest BCUT2D eigenvalue weighted by molar-refractivity contribution is 0.102. The first-order chi connectivity index (χ1) is 15.2. The molecule has 1 fully saturated rings. The predicted molar refractivity (Wildman–Crippen MR) is 130 cm³/mol. The van der Waals surface area contributed by atoms with Gasteiger partial charge in [-0.3, -0.25) is 4.79 Å². The minimum Gasteiger partial charge on any atom is -0.403 e. The molecule has 1 aliphatic heterocycles. The molecule has 170 valence electrons. The highest BCUT2D eigenvalue weighted by Gasteiger charge is 2.11. The van der Waals surface area contributed by atoms with Crippen LogP contribution in [0.2, 0.25) is 5.02 Å². The third-order valence-corrected chi connectivity index (χ3v) is 5.51. The summed E-state index contributed by atoms with van der Waals surface area (Å²) in [4.78, 5) is 14.8. The fraction of sp³-hybridized carbons (Fsp3) is 0.348. The SMILES string of the molecule is Cl.O=C(Nc1ccc(-c2nnc(NCCCN3CCCCC3)o2)cc1)c1cccc(Cl)c1. The molecule has 1 aliphatic rings. The topological polar surface area (TPSA) is 83.3 Å². The quantitative estimate of drug-likeness (QED) is 0.427. The van der Waals surface area contributed by atoms with Crippen molar-refractivity contribution in [3.63, 3.8) is 0 Å². The molecule has 2 heterocycles. The van der Waals surface area contributed by atoms with Gasteiger partial charge < -0.3 is 20.0 Å². The Morgan fingerprint density at radius 1 is 1.06 bits per heavy atom. The minimum absolute atomic E-state index is 0. The van der Waals surface area contributed by atoms with Crippen molar-refractivity contribution in [3.8, 4) is 11.5 Å². The summed E-state index contributed by atoms with van der Waals surface area (Å²) in [6.45, 7) is 4.31. The van der Waals surface area contributed by atoms with Crippen LogP contribution in [0.5, 0.6) is 0 Å². The third-order valence-electron chi connectivity index (χ3n) is 5.28. The number of aromatic nitrogens is 2.